The van der Waals surface area contributed by atoms with Gasteiger partial charge in [-0.2, -0.15) is 13.2 Å². The van der Waals surface area contributed by atoms with E-state index in [9.17, 15) is 13.2 Å². The summed E-state index contributed by atoms with van der Waals surface area (Å²) in [6.07, 6.45) is -2.63. The number of anilines is 1. The van der Waals surface area contributed by atoms with Crippen LogP contribution in [-0.2, 0) is 6.18 Å². The number of alkyl halides is 3. The van der Waals surface area contributed by atoms with Crippen LogP contribution in [0.25, 0.3) is 0 Å². The lowest BCUT2D eigenvalue weighted by Crippen LogP contribution is -2.31. The smallest absolute Gasteiger partial charge is 0.380 e. The van der Waals surface area contributed by atoms with Crippen molar-refractivity contribution in [3.8, 4) is 0 Å². The van der Waals surface area contributed by atoms with Crippen molar-refractivity contribution >= 4 is 21.6 Å². The van der Waals surface area contributed by atoms with Crippen molar-refractivity contribution in [3.05, 3.63) is 28.2 Å². The summed E-state index contributed by atoms with van der Waals surface area (Å²) >= 11 is 3.20. The number of hydrogen-bond donors (Lipinski definition) is 1. The Labute approximate surface area is 114 Å². The van der Waals surface area contributed by atoms with Crippen molar-refractivity contribution in [1.29, 1.82) is 0 Å². The molecule has 0 aliphatic heterocycles. The van der Waals surface area contributed by atoms with E-state index in [1.807, 2.05) is 20.8 Å². The third-order valence-corrected chi connectivity index (χ3v) is 3.13. The van der Waals surface area contributed by atoms with Gasteiger partial charge in [-0.15, -0.1) is 0 Å². The fourth-order valence-corrected chi connectivity index (χ4v) is 2.28. The van der Waals surface area contributed by atoms with Crippen LogP contribution in [0.1, 0.15) is 39.2 Å². The Hall–Kier alpha value is -0.710. The lowest BCUT2D eigenvalue weighted by molar-refractivity contribution is -0.137. The first-order valence-electron chi connectivity index (χ1n) is 5.80. The fraction of sp³-hybridized carbons (Fsp3) is 0.538. The molecule has 0 bridgehead atoms. The van der Waals surface area contributed by atoms with Crippen LogP contribution < -0.4 is 5.32 Å². The summed E-state index contributed by atoms with van der Waals surface area (Å²) in [5.74, 6) is 0. The number of hydrogen-bond acceptors (Lipinski definition) is 1. The predicted octanol–water partition coefficient (Wildman–Crippen LogP) is 5.46. The van der Waals surface area contributed by atoms with E-state index >= 15 is 0 Å². The van der Waals surface area contributed by atoms with E-state index in [2.05, 4.69) is 21.2 Å². The van der Waals surface area contributed by atoms with E-state index in [1.54, 1.807) is 0 Å². The van der Waals surface area contributed by atoms with Crippen molar-refractivity contribution in [2.75, 3.05) is 5.32 Å². The van der Waals surface area contributed by atoms with Gasteiger partial charge in [0.2, 0.25) is 0 Å². The zero-order valence-electron chi connectivity index (χ0n) is 10.7. The van der Waals surface area contributed by atoms with Crippen LogP contribution in [0, 0.1) is 0 Å². The van der Waals surface area contributed by atoms with Gasteiger partial charge < -0.3 is 5.32 Å². The molecule has 18 heavy (non-hydrogen) atoms. The molecule has 1 rings (SSSR count). The average Bonchev–Trinajstić information content (AvgIpc) is 2.14. The first-order chi connectivity index (χ1) is 8.15. The molecule has 0 saturated carbocycles. The molecule has 0 saturated heterocycles. The van der Waals surface area contributed by atoms with Crippen LogP contribution in [0.3, 0.4) is 0 Å². The van der Waals surface area contributed by atoms with Crippen LogP contribution in [0.15, 0.2) is 22.7 Å². The summed E-state index contributed by atoms with van der Waals surface area (Å²) in [7, 11) is 0. The second-order valence-electron chi connectivity index (χ2n) is 4.95. The Morgan fingerprint density at radius 2 is 1.83 bits per heavy atom. The summed E-state index contributed by atoms with van der Waals surface area (Å²) in [5, 5.41) is 2.99. The zero-order valence-corrected chi connectivity index (χ0v) is 12.2. The Morgan fingerprint density at radius 1 is 1.22 bits per heavy atom. The Kier molecular flexibility index (Phi) is 4.70. The number of nitrogens with one attached hydrogen (secondary N) is 1. The molecule has 0 spiro atoms. The first-order valence-corrected chi connectivity index (χ1v) is 6.60. The normalized spacial score (nSPS) is 12.6. The van der Waals surface area contributed by atoms with Crippen molar-refractivity contribution < 1.29 is 13.2 Å². The minimum Gasteiger partial charge on any atom is -0.380 e. The third kappa shape index (κ3) is 4.19. The average molecular weight is 324 g/mol. The minimum atomic E-state index is -4.34. The summed E-state index contributed by atoms with van der Waals surface area (Å²) < 4.78 is 39.3. The first kappa shape index (κ1) is 15.3. The highest BCUT2D eigenvalue weighted by Crippen LogP contribution is 2.37. The van der Waals surface area contributed by atoms with Crippen LogP contribution in [0.5, 0.6) is 0 Å². The van der Waals surface area contributed by atoms with Gasteiger partial charge in [0.25, 0.3) is 0 Å². The molecule has 0 aliphatic rings. The molecule has 1 aromatic rings. The highest BCUT2D eigenvalue weighted by atomic mass is 79.9. The van der Waals surface area contributed by atoms with Crippen LogP contribution in [0.4, 0.5) is 18.9 Å². The molecule has 0 radical (unpaired) electrons. The van der Waals surface area contributed by atoms with E-state index in [4.69, 9.17) is 0 Å². The lowest BCUT2D eigenvalue weighted by Gasteiger charge is -2.29. The van der Waals surface area contributed by atoms with Gasteiger partial charge in [-0.05, 0) is 38.5 Å². The second kappa shape index (κ2) is 5.51. The Bertz CT molecular complexity index is 413. The summed E-state index contributed by atoms with van der Waals surface area (Å²) in [6, 6.07) is 3.97. The van der Waals surface area contributed by atoms with Crippen LogP contribution in [0.2, 0.25) is 0 Å². The maximum absolute atomic E-state index is 12.9. The quantitative estimate of drug-likeness (QED) is 0.775. The monoisotopic (exact) mass is 323 g/mol. The van der Waals surface area contributed by atoms with Gasteiger partial charge in [0.05, 0.1) is 5.56 Å². The molecule has 0 heterocycles. The molecule has 1 N–H and O–H groups in total. The van der Waals surface area contributed by atoms with E-state index in [-0.39, 0.29) is 11.2 Å². The summed E-state index contributed by atoms with van der Waals surface area (Å²) in [6.45, 7) is 5.81. The number of benzene rings is 1. The summed E-state index contributed by atoms with van der Waals surface area (Å²) in [5.41, 5.74) is -0.875. The van der Waals surface area contributed by atoms with E-state index in [1.165, 1.54) is 12.1 Å². The maximum Gasteiger partial charge on any atom is 0.418 e. The SMILES string of the molecule is CCCC(C)(C)Nc1cc(Br)ccc1C(F)(F)F. The van der Waals surface area contributed by atoms with E-state index < -0.39 is 11.7 Å². The van der Waals surface area contributed by atoms with E-state index in [0.717, 1.165) is 18.9 Å². The molecule has 0 aromatic heterocycles. The molecule has 0 unspecified atom stereocenters. The standard InChI is InChI=1S/C13H17BrF3N/c1-4-7-12(2,3)18-11-8-9(14)5-6-10(11)13(15,16)17/h5-6,8,18H,4,7H2,1-3H3. The highest BCUT2D eigenvalue weighted by Gasteiger charge is 2.34. The van der Waals surface area contributed by atoms with E-state index in [0.29, 0.717) is 4.47 Å². The van der Waals surface area contributed by atoms with Gasteiger partial charge in [0.15, 0.2) is 0 Å². The van der Waals surface area contributed by atoms with Gasteiger partial charge in [-0.1, -0.05) is 29.3 Å². The molecule has 0 amide bonds. The van der Waals surface area contributed by atoms with Crippen LogP contribution >= 0.6 is 15.9 Å². The lowest BCUT2D eigenvalue weighted by atomic mass is 9.97. The highest BCUT2D eigenvalue weighted by molar-refractivity contribution is 9.10. The molecular weight excluding hydrogens is 307 g/mol. The predicted molar refractivity (Wildman–Crippen MR) is 71.8 cm³/mol. The van der Waals surface area contributed by atoms with Gasteiger partial charge >= 0.3 is 6.18 Å². The molecule has 0 aliphatic carbocycles. The largest absolute Gasteiger partial charge is 0.418 e. The molecule has 0 fully saturated rings. The molecule has 5 heteroatoms. The van der Waals surface area contributed by atoms with Crippen molar-refractivity contribution in [1.82, 2.24) is 0 Å². The number of rotatable bonds is 4. The topological polar surface area (TPSA) is 12.0 Å². The third-order valence-electron chi connectivity index (χ3n) is 2.64. The molecule has 1 aromatic carbocycles. The van der Waals surface area contributed by atoms with Gasteiger partial charge in [-0.25, -0.2) is 0 Å². The Balaban J connectivity index is 3.11. The fourth-order valence-electron chi connectivity index (χ4n) is 1.92. The number of halogens is 4. The molecular formula is C13H17BrF3N. The van der Waals surface area contributed by atoms with Crippen LogP contribution in [-0.4, -0.2) is 5.54 Å². The molecule has 1 nitrogen and oxygen atoms in total. The summed E-state index contributed by atoms with van der Waals surface area (Å²) in [4.78, 5) is 0. The van der Waals surface area contributed by atoms with Gasteiger partial charge in [0, 0.05) is 15.7 Å². The second-order valence-corrected chi connectivity index (χ2v) is 5.86. The minimum absolute atomic E-state index is 0.121. The van der Waals surface area contributed by atoms with Crippen molar-refractivity contribution in [2.24, 2.45) is 0 Å². The Morgan fingerprint density at radius 3 is 2.33 bits per heavy atom. The van der Waals surface area contributed by atoms with Gasteiger partial charge in [-0.3, -0.25) is 0 Å². The van der Waals surface area contributed by atoms with Gasteiger partial charge in [0.1, 0.15) is 0 Å². The molecule has 0 atom stereocenters. The zero-order chi connectivity index (χ0) is 14.0. The molecule has 102 valence electrons. The maximum atomic E-state index is 12.9. The van der Waals surface area contributed by atoms with Crippen molar-refractivity contribution in [3.63, 3.8) is 0 Å². The van der Waals surface area contributed by atoms with Crippen molar-refractivity contribution in [2.45, 2.75) is 45.3 Å².